The number of benzene rings is 2. The van der Waals surface area contributed by atoms with Crippen LogP contribution in [0, 0.1) is 20.8 Å². The van der Waals surface area contributed by atoms with Crippen LogP contribution in [0.5, 0.6) is 5.75 Å². The summed E-state index contributed by atoms with van der Waals surface area (Å²) in [6, 6.07) is 12.1. The molecule has 3 heteroatoms. The molecule has 0 atom stereocenters. The van der Waals surface area contributed by atoms with E-state index >= 15 is 0 Å². The first kappa shape index (κ1) is 17.1. The molecule has 0 aliphatic rings. The molecule has 0 spiro atoms. The number of aryl methyl sites for hydroxylation is 4. The summed E-state index contributed by atoms with van der Waals surface area (Å²) >= 11 is 0. The van der Waals surface area contributed by atoms with Crippen molar-refractivity contribution in [3.63, 3.8) is 0 Å². The first-order valence-electron chi connectivity index (χ1n) is 8.01. The molecule has 2 aromatic rings. The zero-order chi connectivity index (χ0) is 16.8. The van der Waals surface area contributed by atoms with Gasteiger partial charge < -0.3 is 10.1 Å². The molecule has 0 aromatic heterocycles. The van der Waals surface area contributed by atoms with E-state index in [1.807, 2.05) is 44.2 Å². The molecule has 1 amide bonds. The van der Waals surface area contributed by atoms with Crippen molar-refractivity contribution >= 4 is 11.6 Å². The predicted octanol–water partition coefficient (Wildman–Crippen LogP) is 4.58. The van der Waals surface area contributed by atoms with Crippen LogP contribution in [0.15, 0.2) is 36.4 Å². The maximum atomic E-state index is 12.2. The van der Waals surface area contributed by atoms with Gasteiger partial charge in [-0.3, -0.25) is 4.79 Å². The van der Waals surface area contributed by atoms with Crippen LogP contribution in [0.1, 0.15) is 35.1 Å². The van der Waals surface area contributed by atoms with Crippen LogP contribution in [0.4, 0.5) is 5.69 Å². The SMILES string of the molecule is COc1ccc(CCCC(=O)Nc2c(C)cccc2C)c(C)c1. The third-order valence-corrected chi connectivity index (χ3v) is 4.15. The highest BCUT2D eigenvalue weighted by atomic mass is 16.5. The van der Waals surface area contributed by atoms with E-state index in [4.69, 9.17) is 4.74 Å². The number of hydrogen-bond donors (Lipinski definition) is 1. The fourth-order valence-electron chi connectivity index (χ4n) is 2.73. The highest BCUT2D eigenvalue weighted by molar-refractivity contribution is 5.92. The molecular weight excluding hydrogens is 286 g/mol. The Morgan fingerprint density at radius 2 is 1.74 bits per heavy atom. The van der Waals surface area contributed by atoms with E-state index < -0.39 is 0 Å². The third-order valence-electron chi connectivity index (χ3n) is 4.15. The fourth-order valence-corrected chi connectivity index (χ4v) is 2.73. The molecule has 2 rings (SSSR count). The Kier molecular flexibility index (Phi) is 5.80. The van der Waals surface area contributed by atoms with Gasteiger partial charge in [-0.25, -0.2) is 0 Å². The molecule has 0 radical (unpaired) electrons. The average molecular weight is 311 g/mol. The van der Waals surface area contributed by atoms with E-state index in [1.165, 1.54) is 11.1 Å². The first-order valence-corrected chi connectivity index (χ1v) is 8.01. The van der Waals surface area contributed by atoms with Gasteiger partial charge in [0.05, 0.1) is 7.11 Å². The second-order valence-electron chi connectivity index (χ2n) is 5.96. The molecule has 0 bridgehead atoms. The summed E-state index contributed by atoms with van der Waals surface area (Å²) in [5.74, 6) is 0.951. The molecule has 2 aromatic carbocycles. The third kappa shape index (κ3) is 4.59. The van der Waals surface area contributed by atoms with Crippen LogP contribution >= 0.6 is 0 Å². The van der Waals surface area contributed by atoms with Gasteiger partial charge in [0.1, 0.15) is 5.75 Å². The highest BCUT2D eigenvalue weighted by Crippen LogP contribution is 2.21. The van der Waals surface area contributed by atoms with Crippen molar-refractivity contribution in [3.8, 4) is 5.75 Å². The molecule has 0 aliphatic carbocycles. The number of carbonyl (C=O) groups excluding carboxylic acids is 1. The Labute approximate surface area is 138 Å². The van der Waals surface area contributed by atoms with Gasteiger partial charge in [0, 0.05) is 12.1 Å². The number of para-hydroxylation sites is 1. The number of nitrogens with one attached hydrogen (secondary N) is 1. The van der Waals surface area contributed by atoms with Gasteiger partial charge in [-0.1, -0.05) is 24.3 Å². The monoisotopic (exact) mass is 311 g/mol. The van der Waals surface area contributed by atoms with Crippen LogP contribution in [0.25, 0.3) is 0 Å². The van der Waals surface area contributed by atoms with E-state index in [0.29, 0.717) is 6.42 Å². The van der Waals surface area contributed by atoms with Gasteiger partial charge in [0.15, 0.2) is 0 Å². The quantitative estimate of drug-likeness (QED) is 0.848. The minimum atomic E-state index is 0.0774. The second kappa shape index (κ2) is 7.82. The maximum absolute atomic E-state index is 12.2. The van der Waals surface area contributed by atoms with Crippen LogP contribution in [0.3, 0.4) is 0 Å². The summed E-state index contributed by atoms with van der Waals surface area (Å²) in [6.07, 6.45) is 2.26. The largest absolute Gasteiger partial charge is 0.497 e. The minimum absolute atomic E-state index is 0.0774. The van der Waals surface area contributed by atoms with Gasteiger partial charge in [0.25, 0.3) is 0 Å². The summed E-state index contributed by atoms with van der Waals surface area (Å²) < 4.78 is 5.22. The molecule has 0 heterocycles. The number of ether oxygens (including phenoxy) is 1. The van der Waals surface area contributed by atoms with Crippen molar-refractivity contribution in [1.82, 2.24) is 0 Å². The van der Waals surface area contributed by atoms with Crippen molar-refractivity contribution < 1.29 is 9.53 Å². The Hall–Kier alpha value is -2.29. The summed E-state index contributed by atoms with van der Waals surface area (Å²) in [5, 5.41) is 3.04. The number of hydrogen-bond acceptors (Lipinski definition) is 2. The van der Waals surface area contributed by atoms with Crippen molar-refractivity contribution in [3.05, 3.63) is 58.7 Å². The van der Waals surface area contributed by atoms with Crippen molar-refractivity contribution in [2.24, 2.45) is 0 Å². The fraction of sp³-hybridized carbons (Fsp3) is 0.350. The molecule has 1 N–H and O–H groups in total. The van der Waals surface area contributed by atoms with Crippen LogP contribution in [-0.2, 0) is 11.2 Å². The van der Waals surface area contributed by atoms with E-state index in [2.05, 4.69) is 18.3 Å². The molecule has 23 heavy (non-hydrogen) atoms. The minimum Gasteiger partial charge on any atom is -0.497 e. The van der Waals surface area contributed by atoms with Gasteiger partial charge in [-0.2, -0.15) is 0 Å². The lowest BCUT2D eigenvalue weighted by Crippen LogP contribution is -2.13. The molecule has 0 aliphatic heterocycles. The lowest BCUT2D eigenvalue weighted by Gasteiger charge is -2.12. The maximum Gasteiger partial charge on any atom is 0.224 e. The molecule has 0 fully saturated rings. The topological polar surface area (TPSA) is 38.3 Å². The summed E-state index contributed by atoms with van der Waals surface area (Å²) in [6.45, 7) is 6.11. The van der Waals surface area contributed by atoms with Crippen molar-refractivity contribution in [1.29, 1.82) is 0 Å². The zero-order valence-electron chi connectivity index (χ0n) is 14.4. The molecule has 0 saturated heterocycles. The smallest absolute Gasteiger partial charge is 0.224 e. The number of amides is 1. The normalized spacial score (nSPS) is 10.4. The molecule has 3 nitrogen and oxygen atoms in total. The summed E-state index contributed by atoms with van der Waals surface area (Å²) in [5.41, 5.74) is 5.62. The van der Waals surface area contributed by atoms with E-state index in [0.717, 1.165) is 35.4 Å². The number of carbonyl (C=O) groups is 1. The zero-order valence-corrected chi connectivity index (χ0v) is 14.4. The average Bonchev–Trinajstić information content (AvgIpc) is 2.52. The van der Waals surface area contributed by atoms with E-state index in [-0.39, 0.29) is 5.91 Å². The summed E-state index contributed by atoms with van der Waals surface area (Å²) in [4.78, 5) is 12.2. The van der Waals surface area contributed by atoms with Crippen LogP contribution in [0.2, 0.25) is 0 Å². The molecule has 0 saturated carbocycles. The number of methoxy groups -OCH3 is 1. The molecule has 122 valence electrons. The van der Waals surface area contributed by atoms with E-state index in [9.17, 15) is 4.79 Å². The van der Waals surface area contributed by atoms with Gasteiger partial charge in [-0.05, 0) is 68.0 Å². The predicted molar refractivity (Wildman–Crippen MR) is 95.2 cm³/mol. The Morgan fingerprint density at radius 1 is 1.04 bits per heavy atom. The molecular formula is C20H25NO2. The highest BCUT2D eigenvalue weighted by Gasteiger charge is 2.08. The standard InChI is InChI=1S/C20H25NO2/c1-14-7-5-8-15(2)20(14)21-19(22)10-6-9-17-11-12-18(23-4)13-16(17)3/h5,7-8,11-13H,6,9-10H2,1-4H3,(H,21,22). The van der Waals surface area contributed by atoms with Gasteiger partial charge in [0.2, 0.25) is 5.91 Å². The van der Waals surface area contributed by atoms with Crippen molar-refractivity contribution in [2.75, 3.05) is 12.4 Å². The van der Waals surface area contributed by atoms with Crippen LogP contribution in [-0.4, -0.2) is 13.0 Å². The molecule has 0 unspecified atom stereocenters. The van der Waals surface area contributed by atoms with Gasteiger partial charge in [-0.15, -0.1) is 0 Å². The van der Waals surface area contributed by atoms with Crippen molar-refractivity contribution in [2.45, 2.75) is 40.0 Å². The Bertz CT molecular complexity index is 672. The lowest BCUT2D eigenvalue weighted by atomic mass is 10.0. The first-order chi connectivity index (χ1) is 11.0. The van der Waals surface area contributed by atoms with Gasteiger partial charge >= 0.3 is 0 Å². The number of rotatable bonds is 6. The Morgan fingerprint density at radius 3 is 2.35 bits per heavy atom. The number of anilines is 1. The Balaban J connectivity index is 1.88. The lowest BCUT2D eigenvalue weighted by molar-refractivity contribution is -0.116. The summed E-state index contributed by atoms with van der Waals surface area (Å²) in [7, 11) is 1.67. The second-order valence-corrected chi connectivity index (χ2v) is 5.96. The van der Waals surface area contributed by atoms with Crippen LogP contribution < -0.4 is 10.1 Å². The van der Waals surface area contributed by atoms with E-state index in [1.54, 1.807) is 7.11 Å².